The maximum Gasteiger partial charge on any atom is 0.274 e. The van der Waals surface area contributed by atoms with Crippen LogP contribution >= 0.6 is 0 Å². The van der Waals surface area contributed by atoms with Crippen LogP contribution < -0.4 is 9.86 Å². The minimum Gasteiger partial charge on any atom is -0.494 e. The Morgan fingerprint density at radius 3 is 2.83 bits per heavy atom. The van der Waals surface area contributed by atoms with Gasteiger partial charge in [0.05, 0.1) is 6.54 Å². The molecule has 0 aromatic carbocycles. The molecule has 7 heteroatoms. The highest BCUT2D eigenvalue weighted by Gasteiger charge is 2.07. The average molecular weight is 194 g/mol. The summed E-state index contributed by atoms with van der Waals surface area (Å²) in [6.07, 6.45) is 1.36. The zero-order chi connectivity index (χ0) is 9.03. The van der Waals surface area contributed by atoms with E-state index in [1.807, 2.05) is 0 Å². The molecule has 0 saturated heterocycles. The summed E-state index contributed by atoms with van der Waals surface area (Å²) in [5.74, 6) is 0.426. The van der Waals surface area contributed by atoms with Crippen LogP contribution in [0.2, 0.25) is 0 Å². The fraction of sp³-hybridized carbons (Fsp3) is 0.600. The second kappa shape index (κ2) is 3.74. The Morgan fingerprint density at radius 1 is 1.58 bits per heavy atom. The summed E-state index contributed by atoms with van der Waals surface area (Å²) in [5, 5.41) is 4.69. The number of hydrogen-bond acceptors (Lipinski definition) is 4. The molecule has 0 aromatic rings. The Labute approximate surface area is 70.5 Å². The summed E-state index contributed by atoms with van der Waals surface area (Å²) >= 11 is 0. The second-order valence-corrected chi connectivity index (χ2v) is 3.55. The maximum absolute atomic E-state index is 10.4. The molecule has 0 aromatic heterocycles. The van der Waals surface area contributed by atoms with Crippen LogP contribution in [0.25, 0.3) is 0 Å². The first kappa shape index (κ1) is 9.30. The van der Waals surface area contributed by atoms with Crippen molar-refractivity contribution in [3.63, 3.8) is 0 Å². The summed E-state index contributed by atoms with van der Waals surface area (Å²) < 4.78 is 32.8. The van der Waals surface area contributed by atoms with Crippen molar-refractivity contribution in [1.82, 2.24) is 4.72 Å². The number of rotatable bonds is 3. The van der Waals surface area contributed by atoms with E-state index in [2.05, 4.69) is 4.72 Å². The Balaban J connectivity index is 2.36. The largest absolute Gasteiger partial charge is 0.494 e. The third kappa shape index (κ3) is 3.56. The van der Waals surface area contributed by atoms with Gasteiger partial charge in [0, 0.05) is 0 Å². The first-order valence-corrected chi connectivity index (χ1v) is 4.83. The molecule has 3 N–H and O–H groups in total. The highest BCUT2D eigenvalue weighted by molar-refractivity contribution is 7.87. The normalized spacial score (nSPS) is 17.6. The van der Waals surface area contributed by atoms with Gasteiger partial charge < -0.3 is 9.47 Å². The summed E-state index contributed by atoms with van der Waals surface area (Å²) in [4.78, 5) is 0. The molecule has 12 heavy (non-hydrogen) atoms. The quantitative estimate of drug-likeness (QED) is 0.582. The van der Waals surface area contributed by atoms with Gasteiger partial charge in [-0.2, -0.15) is 13.1 Å². The third-order valence-electron chi connectivity index (χ3n) is 1.15. The average Bonchev–Trinajstić information content (AvgIpc) is 2.02. The smallest absolute Gasteiger partial charge is 0.274 e. The summed E-state index contributed by atoms with van der Waals surface area (Å²) in [6, 6.07) is 0. The number of nitrogens with one attached hydrogen (secondary N) is 1. The van der Waals surface area contributed by atoms with Crippen molar-refractivity contribution in [2.75, 3.05) is 19.8 Å². The molecular formula is C5H10N2O4S. The topological polar surface area (TPSA) is 90.7 Å². The van der Waals surface area contributed by atoms with Crippen LogP contribution in [-0.4, -0.2) is 28.2 Å². The Bertz CT molecular complexity index is 271. The fourth-order valence-electron chi connectivity index (χ4n) is 0.671. The molecule has 0 aliphatic carbocycles. The van der Waals surface area contributed by atoms with E-state index >= 15 is 0 Å². The van der Waals surface area contributed by atoms with Gasteiger partial charge in [-0.3, -0.25) is 0 Å². The monoisotopic (exact) mass is 194 g/mol. The van der Waals surface area contributed by atoms with Gasteiger partial charge in [-0.1, -0.05) is 0 Å². The molecule has 70 valence electrons. The molecule has 1 heterocycles. The second-order valence-electron chi connectivity index (χ2n) is 2.17. The predicted molar refractivity (Wildman–Crippen MR) is 41.1 cm³/mol. The SMILES string of the molecule is NS(=O)(=O)NCC1=COCCO1. The van der Waals surface area contributed by atoms with E-state index < -0.39 is 10.2 Å². The van der Waals surface area contributed by atoms with E-state index in [1.54, 1.807) is 0 Å². The van der Waals surface area contributed by atoms with Crippen LogP contribution in [0, 0.1) is 0 Å². The van der Waals surface area contributed by atoms with Gasteiger partial charge in [0.25, 0.3) is 10.2 Å². The summed E-state index contributed by atoms with van der Waals surface area (Å²) in [5.41, 5.74) is 0. The van der Waals surface area contributed by atoms with Gasteiger partial charge in [-0.05, 0) is 0 Å². The lowest BCUT2D eigenvalue weighted by atomic mass is 10.5. The highest BCUT2D eigenvalue weighted by atomic mass is 32.2. The standard InChI is InChI=1S/C5H10N2O4S/c6-12(8,9)7-3-5-4-10-1-2-11-5/h4,7H,1-3H2,(H2,6,8,9). The third-order valence-corrected chi connectivity index (χ3v) is 1.70. The van der Waals surface area contributed by atoms with E-state index in [4.69, 9.17) is 14.6 Å². The number of ether oxygens (including phenoxy) is 2. The first-order valence-electron chi connectivity index (χ1n) is 3.29. The molecule has 0 saturated carbocycles. The molecule has 6 nitrogen and oxygen atoms in total. The van der Waals surface area contributed by atoms with Crippen LogP contribution in [0.5, 0.6) is 0 Å². The van der Waals surface area contributed by atoms with Crippen molar-refractivity contribution in [3.05, 3.63) is 12.0 Å². The van der Waals surface area contributed by atoms with E-state index in [0.717, 1.165) is 0 Å². The zero-order valence-corrected chi connectivity index (χ0v) is 7.13. The maximum atomic E-state index is 10.4. The molecule has 1 aliphatic heterocycles. The molecule has 0 bridgehead atoms. The summed E-state index contributed by atoms with van der Waals surface area (Å²) in [6.45, 7) is 0.940. The zero-order valence-electron chi connectivity index (χ0n) is 6.32. The van der Waals surface area contributed by atoms with Gasteiger partial charge in [-0.15, -0.1) is 0 Å². The minimum absolute atomic E-state index is 0.0266. The van der Waals surface area contributed by atoms with E-state index in [9.17, 15) is 8.42 Å². The molecule has 0 spiro atoms. The highest BCUT2D eigenvalue weighted by Crippen LogP contribution is 2.01. The summed E-state index contributed by atoms with van der Waals surface area (Å²) in [7, 11) is -3.65. The molecular weight excluding hydrogens is 184 g/mol. The lowest BCUT2D eigenvalue weighted by molar-refractivity contribution is 0.0825. The molecule has 1 rings (SSSR count). The van der Waals surface area contributed by atoms with Crippen molar-refractivity contribution < 1.29 is 17.9 Å². The van der Waals surface area contributed by atoms with Gasteiger partial charge in [0.15, 0.2) is 0 Å². The van der Waals surface area contributed by atoms with Crippen LogP contribution in [0.15, 0.2) is 12.0 Å². The van der Waals surface area contributed by atoms with Crippen LogP contribution in [-0.2, 0) is 19.7 Å². The lowest BCUT2D eigenvalue weighted by Crippen LogP contribution is -2.33. The van der Waals surface area contributed by atoms with Crippen molar-refractivity contribution in [2.24, 2.45) is 5.14 Å². The molecule has 0 amide bonds. The van der Waals surface area contributed by atoms with Crippen molar-refractivity contribution in [3.8, 4) is 0 Å². The first-order chi connectivity index (χ1) is 5.58. The number of nitrogens with two attached hydrogens (primary N) is 1. The van der Waals surface area contributed by atoms with Crippen LogP contribution in [0.1, 0.15) is 0 Å². The van der Waals surface area contributed by atoms with Crippen molar-refractivity contribution in [2.45, 2.75) is 0 Å². The molecule has 1 aliphatic rings. The minimum atomic E-state index is -3.65. The van der Waals surface area contributed by atoms with Gasteiger partial charge in [-0.25, -0.2) is 5.14 Å². The molecule has 0 unspecified atom stereocenters. The molecule has 0 fully saturated rings. The lowest BCUT2D eigenvalue weighted by Gasteiger charge is -2.15. The Kier molecular flexibility index (Phi) is 2.90. The molecule has 0 radical (unpaired) electrons. The van der Waals surface area contributed by atoms with E-state index in [0.29, 0.717) is 19.0 Å². The molecule has 0 atom stereocenters. The Hall–Kier alpha value is -0.790. The predicted octanol–water partition coefficient (Wildman–Crippen LogP) is -1.33. The van der Waals surface area contributed by atoms with Crippen LogP contribution in [0.3, 0.4) is 0 Å². The van der Waals surface area contributed by atoms with Gasteiger partial charge in [0.2, 0.25) is 0 Å². The fourth-order valence-corrected chi connectivity index (χ4v) is 1.01. The van der Waals surface area contributed by atoms with Crippen molar-refractivity contribution in [1.29, 1.82) is 0 Å². The number of hydrogen-bond donors (Lipinski definition) is 2. The van der Waals surface area contributed by atoms with E-state index in [-0.39, 0.29) is 6.54 Å². The van der Waals surface area contributed by atoms with E-state index in [1.165, 1.54) is 6.26 Å². The van der Waals surface area contributed by atoms with Gasteiger partial charge >= 0.3 is 0 Å². The van der Waals surface area contributed by atoms with Gasteiger partial charge in [0.1, 0.15) is 25.2 Å². The van der Waals surface area contributed by atoms with Crippen molar-refractivity contribution >= 4 is 10.2 Å². The van der Waals surface area contributed by atoms with Crippen LogP contribution in [0.4, 0.5) is 0 Å². The Morgan fingerprint density at radius 2 is 2.33 bits per heavy atom.